The molecule has 0 aromatic heterocycles. The Morgan fingerprint density at radius 2 is 2.25 bits per heavy atom. The lowest BCUT2D eigenvalue weighted by Crippen LogP contribution is -2.33. The molecule has 0 saturated heterocycles. The van der Waals surface area contributed by atoms with Gasteiger partial charge in [-0.15, -0.1) is 0 Å². The fourth-order valence-corrected chi connectivity index (χ4v) is 1.83. The number of carbonyl (C=O) groups excluding carboxylic acids is 1. The molecular weight excluding hydrogens is 257 g/mol. The molecule has 2 N–H and O–H groups in total. The first-order valence-electron chi connectivity index (χ1n) is 6.78. The Morgan fingerprint density at radius 1 is 1.50 bits per heavy atom. The molecule has 0 radical (unpaired) electrons. The molecule has 0 heterocycles. The summed E-state index contributed by atoms with van der Waals surface area (Å²) < 4.78 is 13.3. The van der Waals surface area contributed by atoms with Gasteiger partial charge in [-0.1, -0.05) is 31.6 Å². The summed E-state index contributed by atoms with van der Waals surface area (Å²) in [6, 6.07) is 3.90. The highest BCUT2D eigenvalue weighted by molar-refractivity contribution is 5.96. The highest BCUT2D eigenvalue weighted by atomic mass is 19.1. The van der Waals surface area contributed by atoms with Gasteiger partial charge in [0.2, 0.25) is 0 Å². The number of rotatable bonds is 5. The van der Waals surface area contributed by atoms with Crippen LogP contribution in [-0.2, 0) is 0 Å². The Bertz CT molecular complexity index is 517. The minimum atomic E-state index is -0.481. The van der Waals surface area contributed by atoms with Gasteiger partial charge in [0.25, 0.3) is 5.91 Å². The van der Waals surface area contributed by atoms with Gasteiger partial charge in [-0.3, -0.25) is 4.79 Å². The van der Waals surface area contributed by atoms with Crippen molar-refractivity contribution in [3.8, 4) is 11.8 Å². The van der Waals surface area contributed by atoms with E-state index < -0.39 is 5.82 Å². The molecule has 0 fully saturated rings. The Balaban J connectivity index is 2.88. The number of aliphatic hydroxyl groups excluding tert-OH is 1. The molecule has 1 unspecified atom stereocenters. The maximum Gasteiger partial charge on any atom is 0.252 e. The van der Waals surface area contributed by atoms with Crippen LogP contribution in [0.3, 0.4) is 0 Å². The van der Waals surface area contributed by atoms with Crippen LogP contribution in [0.1, 0.15) is 49.0 Å². The second-order valence-corrected chi connectivity index (χ2v) is 4.67. The molecule has 0 bridgehead atoms. The van der Waals surface area contributed by atoms with Crippen molar-refractivity contribution in [2.45, 2.75) is 39.2 Å². The van der Waals surface area contributed by atoms with Crippen LogP contribution in [0, 0.1) is 17.7 Å². The number of carbonyl (C=O) groups is 1. The Hall–Kier alpha value is -1.86. The van der Waals surface area contributed by atoms with Gasteiger partial charge in [0.05, 0.1) is 5.56 Å². The molecular formula is C16H20FNO2. The van der Waals surface area contributed by atoms with Crippen molar-refractivity contribution in [3.63, 3.8) is 0 Å². The largest absolute Gasteiger partial charge is 0.384 e. The van der Waals surface area contributed by atoms with Crippen molar-refractivity contribution in [1.82, 2.24) is 5.32 Å². The summed E-state index contributed by atoms with van der Waals surface area (Å²) >= 11 is 0. The van der Waals surface area contributed by atoms with Gasteiger partial charge >= 0.3 is 0 Å². The SMILES string of the molecule is CCCCC(C)NC(=O)c1cc(F)ccc1C#CCO. The molecule has 1 aromatic carbocycles. The minimum absolute atomic E-state index is 0.0318. The van der Waals surface area contributed by atoms with Crippen molar-refractivity contribution >= 4 is 5.91 Å². The van der Waals surface area contributed by atoms with E-state index in [1.807, 2.05) is 6.92 Å². The summed E-state index contributed by atoms with van der Waals surface area (Å²) in [4.78, 5) is 12.1. The molecule has 0 spiro atoms. The van der Waals surface area contributed by atoms with Gasteiger partial charge < -0.3 is 10.4 Å². The van der Waals surface area contributed by atoms with Crippen molar-refractivity contribution in [2.75, 3.05) is 6.61 Å². The first kappa shape index (κ1) is 16.2. The number of halogens is 1. The van der Waals surface area contributed by atoms with Gasteiger partial charge in [-0.2, -0.15) is 0 Å². The van der Waals surface area contributed by atoms with Crippen LogP contribution in [0.25, 0.3) is 0 Å². The standard InChI is InChI=1S/C16H20FNO2/c1-3-4-6-12(2)18-16(20)15-11-14(17)9-8-13(15)7-5-10-19/h8-9,11-12,19H,3-4,6,10H2,1-2H3,(H,18,20). The maximum atomic E-state index is 13.3. The smallest absolute Gasteiger partial charge is 0.252 e. The van der Waals surface area contributed by atoms with E-state index >= 15 is 0 Å². The van der Waals surface area contributed by atoms with E-state index in [0.717, 1.165) is 19.3 Å². The molecule has 0 saturated carbocycles. The van der Waals surface area contributed by atoms with Gasteiger partial charge in [0.1, 0.15) is 12.4 Å². The van der Waals surface area contributed by atoms with E-state index in [4.69, 9.17) is 5.11 Å². The van der Waals surface area contributed by atoms with E-state index in [2.05, 4.69) is 24.1 Å². The maximum absolute atomic E-state index is 13.3. The van der Waals surface area contributed by atoms with E-state index in [1.165, 1.54) is 18.2 Å². The number of hydrogen-bond acceptors (Lipinski definition) is 2. The zero-order valence-electron chi connectivity index (χ0n) is 11.9. The molecule has 1 atom stereocenters. The summed E-state index contributed by atoms with van der Waals surface area (Å²) in [5.41, 5.74) is 0.620. The second kappa shape index (κ2) is 8.34. The highest BCUT2D eigenvalue weighted by Gasteiger charge is 2.13. The number of unbranched alkanes of at least 4 members (excludes halogenated alkanes) is 1. The fraction of sp³-hybridized carbons (Fsp3) is 0.438. The zero-order chi connectivity index (χ0) is 15.0. The normalized spacial score (nSPS) is 11.4. The molecule has 20 heavy (non-hydrogen) atoms. The van der Waals surface area contributed by atoms with Crippen LogP contribution >= 0.6 is 0 Å². The van der Waals surface area contributed by atoms with E-state index in [0.29, 0.717) is 5.56 Å². The van der Waals surface area contributed by atoms with Gasteiger partial charge in [0.15, 0.2) is 0 Å². The van der Waals surface area contributed by atoms with Crippen LogP contribution in [0.2, 0.25) is 0 Å². The predicted octanol–water partition coefficient (Wildman–Crippen LogP) is 2.48. The minimum Gasteiger partial charge on any atom is -0.384 e. The Morgan fingerprint density at radius 3 is 2.90 bits per heavy atom. The van der Waals surface area contributed by atoms with Gasteiger partial charge in [0, 0.05) is 11.6 Å². The summed E-state index contributed by atoms with van der Waals surface area (Å²) in [6.45, 7) is 3.71. The van der Waals surface area contributed by atoms with Crippen LogP contribution in [-0.4, -0.2) is 23.7 Å². The lowest BCUT2D eigenvalue weighted by atomic mass is 10.1. The first-order valence-corrected chi connectivity index (χ1v) is 6.78. The van der Waals surface area contributed by atoms with E-state index in [1.54, 1.807) is 0 Å². The van der Waals surface area contributed by atoms with E-state index in [-0.39, 0.29) is 24.1 Å². The molecule has 1 aromatic rings. The topological polar surface area (TPSA) is 49.3 Å². The number of aliphatic hydroxyl groups is 1. The molecule has 0 aliphatic carbocycles. The summed E-state index contributed by atoms with van der Waals surface area (Å²) in [5.74, 6) is 4.31. The lowest BCUT2D eigenvalue weighted by molar-refractivity contribution is 0.0937. The van der Waals surface area contributed by atoms with Crippen LogP contribution < -0.4 is 5.32 Å². The molecule has 3 nitrogen and oxygen atoms in total. The lowest BCUT2D eigenvalue weighted by Gasteiger charge is -2.14. The van der Waals surface area contributed by atoms with Crippen LogP contribution in [0.4, 0.5) is 4.39 Å². The second-order valence-electron chi connectivity index (χ2n) is 4.67. The Labute approximate surface area is 119 Å². The molecule has 0 aliphatic rings. The number of benzene rings is 1. The third kappa shape index (κ3) is 5.02. The van der Waals surface area contributed by atoms with Crippen molar-refractivity contribution in [2.24, 2.45) is 0 Å². The van der Waals surface area contributed by atoms with Crippen molar-refractivity contribution < 1.29 is 14.3 Å². The summed E-state index contributed by atoms with van der Waals surface area (Å²) in [7, 11) is 0. The van der Waals surface area contributed by atoms with Gasteiger partial charge in [-0.25, -0.2) is 4.39 Å². The summed E-state index contributed by atoms with van der Waals surface area (Å²) in [5, 5.41) is 11.5. The molecule has 1 rings (SSSR count). The molecule has 108 valence electrons. The van der Waals surface area contributed by atoms with Crippen molar-refractivity contribution in [3.05, 3.63) is 35.1 Å². The third-order valence-corrected chi connectivity index (χ3v) is 2.90. The zero-order valence-corrected chi connectivity index (χ0v) is 11.9. The number of hydrogen-bond donors (Lipinski definition) is 2. The predicted molar refractivity (Wildman–Crippen MR) is 76.8 cm³/mol. The fourth-order valence-electron chi connectivity index (χ4n) is 1.83. The molecule has 4 heteroatoms. The third-order valence-electron chi connectivity index (χ3n) is 2.90. The molecule has 1 amide bonds. The van der Waals surface area contributed by atoms with E-state index in [9.17, 15) is 9.18 Å². The van der Waals surface area contributed by atoms with Gasteiger partial charge in [-0.05, 0) is 31.5 Å². The van der Waals surface area contributed by atoms with Crippen LogP contribution in [0.15, 0.2) is 18.2 Å². The number of amides is 1. The average molecular weight is 277 g/mol. The van der Waals surface area contributed by atoms with Crippen molar-refractivity contribution in [1.29, 1.82) is 0 Å². The molecule has 0 aliphatic heterocycles. The number of nitrogens with one attached hydrogen (secondary N) is 1. The Kier molecular flexibility index (Phi) is 6.75. The highest BCUT2D eigenvalue weighted by Crippen LogP contribution is 2.11. The average Bonchev–Trinajstić information content (AvgIpc) is 2.43. The first-order chi connectivity index (χ1) is 9.58. The quantitative estimate of drug-likeness (QED) is 0.812. The summed E-state index contributed by atoms with van der Waals surface area (Å²) in [6.07, 6.45) is 2.98. The monoisotopic (exact) mass is 277 g/mol. The van der Waals surface area contributed by atoms with Crippen LogP contribution in [0.5, 0.6) is 0 Å².